The van der Waals surface area contributed by atoms with Crippen LogP contribution >= 0.6 is 0 Å². The molecule has 1 aliphatic rings. The van der Waals surface area contributed by atoms with Crippen LogP contribution in [0.1, 0.15) is 30.0 Å². The molecule has 0 saturated carbocycles. The van der Waals surface area contributed by atoms with Gasteiger partial charge in [-0.15, -0.1) is 0 Å². The molecule has 3 heteroatoms. The van der Waals surface area contributed by atoms with Gasteiger partial charge in [-0.25, -0.2) is 0 Å². The zero-order chi connectivity index (χ0) is 14.0. The predicted molar refractivity (Wildman–Crippen MR) is 76.0 cm³/mol. The SMILES string of the molecule is Cc1ccc(CC(=O)N2CCC(C(C)O)C2)cc1C. The number of carbonyl (C=O) groups excluding carboxylic acids is 1. The second-order valence-corrected chi connectivity index (χ2v) is 5.72. The highest BCUT2D eigenvalue weighted by atomic mass is 16.3. The lowest BCUT2D eigenvalue weighted by molar-refractivity contribution is -0.129. The summed E-state index contributed by atoms with van der Waals surface area (Å²) < 4.78 is 0. The van der Waals surface area contributed by atoms with Crippen LogP contribution in [0.15, 0.2) is 18.2 Å². The summed E-state index contributed by atoms with van der Waals surface area (Å²) in [6, 6.07) is 6.19. The van der Waals surface area contributed by atoms with E-state index < -0.39 is 0 Å². The van der Waals surface area contributed by atoms with E-state index in [1.165, 1.54) is 11.1 Å². The minimum atomic E-state index is -0.320. The van der Waals surface area contributed by atoms with E-state index in [-0.39, 0.29) is 17.9 Å². The molecule has 1 aromatic rings. The van der Waals surface area contributed by atoms with Crippen molar-refractivity contribution in [2.45, 2.75) is 39.7 Å². The second kappa shape index (κ2) is 5.74. The molecule has 1 amide bonds. The number of likely N-dealkylation sites (tertiary alicyclic amines) is 1. The smallest absolute Gasteiger partial charge is 0.227 e. The zero-order valence-corrected chi connectivity index (χ0v) is 12.0. The van der Waals surface area contributed by atoms with Crippen LogP contribution < -0.4 is 0 Å². The molecule has 0 aromatic heterocycles. The summed E-state index contributed by atoms with van der Waals surface area (Å²) in [7, 11) is 0. The average Bonchev–Trinajstić information content (AvgIpc) is 2.83. The van der Waals surface area contributed by atoms with Crippen molar-refractivity contribution in [3.05, 3.63) is 34.9 Å². The van der Waals surface area contributed by atoms with Crippen molar-refractivity contribution in [2.24, 2.45) is 5.92 Å². The van der Waals surface area contributed by atoms with Crippen LogP contribution in [0, 0.1) is 19.8 Å². The summed E-state index contributed by atoms with van der Waals surface area (Å²) in [6.07, 6.45) is 1.06. The van der Waals surface area contributed by atoms with Crippen molar-refractivity contribution in [3.63, 3.8) is 0 Å². The van der Waals surface area contributed by atoms with Crippen LogP contribution in [0.4, 0.5) is 0 Å². The molecule has 1 aromatic carbocycles. The number of amides is 1. The minimum absolute atomic E-state index is 0.173. The minimum Gasteiger partial charge on any atom is -0.393 e. The maximum absolute atomic E-state index is 12.2. The van der Waals surface area contributed by atoms with E-state index in [0.29, 0.717) is 13.0 Å². The number of benzene rings is 1. The van der Waals surface area contributed by atoms with E-state index in [2.05, 4.69) is 26.0 Å². The van der Waals surface area contributed by atoms with Crippen LogP contribution in [0.3, 0.4) is 0 Å². The molecule has 1 fully saturated rings. The molecule has 2 rings (SSSR count). The largest absolute Gasteiger partial charge is 0.393 e. The molecule has 1 heterocycles. The number of aliphatic hydroxyl groups is 1. The molecule has 1 N–H and O–H groups in total. The van der Waals surface area contributed by atoms with Crippen molar-refractivity contribution >= 4 is 5.91 Å². The number of carbonyl (C=O) groups is 1. The Bertz CT molecular complexity index is 468. The zero-order valence-electron chi connectivity index (χ0n) is 12.0. The van der Waals surface area contributed by atoms with E-state index >= 15 is 0 Å². The second-order valence-electron chi connectivity index (χ2n) is 5.72. The van der Waals surface area contributed by atoms with E-state index in [9.17, 15) is 9.90 Å². The van der Waals surface area contributed by atoms with E-state index in [1.54, 1.807) is 0 Å². The molecule has 1 saturated heterocycles. The first kappa shape index (κ1) is 14.1. The van der Waals surface area contributed by atoms with Crippen LogP contribution in [0.2, 0.25) is 0 Å². The summed E-state index contributed by atoms with van der Waals surface area (Å²) in [5.74, 6) is 0.412. The standard InChI is InChI=1S/C16H23NO2/c1-11-4-5-14(8-12(11)2)9-16(19)17-7-6-15(10-17)13(3)18/h4-5,8,13,15,18H,6-7,9-10H2,1-3H3. The Morgan fingerprint density at radius 1 is 1.42 bits per heavy atom. The highest BCUT2D eigenvalue weighted by Gasteiger charge is 2.28. The molecule has 1 aliphatic heterocycles. The number of aryl methyl sites for hydroxylation is 2. The van der Waals surface area contributed by atoms with Gasteiger partial charge < -0.3 is 10.0 Å². The first-order valence-corrected chi connectivity index (χ1v) is 6.99. The van der Waals surface area contributed by atoms with E-state index in [1.807, 2.05) is 17.9 Å². The van der Waals surface area contributed by atoms with Crippen LogP contribution in [-0.4, -0.2) is 35.1 Å². The average molecular weight is 261 g/mol. The summed E-state index contributed by atoms with van der Waals surface area (Å²) in [5.41, 5.74) is 3.56. The van der Waals surface area contributed by atoms with Gasteiger partial charge in [0.2, 0.25) is 5.91 Å². The van der Waals surface area contributed by atoms with Gasteiger partial charge in [0.1, 0.15) is 0 Å². The van der Waals surface area contributed by atoms with E-state index in [4.69, 9.17) is 0 Å². The highest BCUT2D eigenvalue weighted by molar-refractivity contribution is 5.79. The van der Waals surface area contributed by atoms with Gasteiger partial charge in [0.05, 0.1) is 12.5 Å². The van der Waals surface area contributed by atoms with Gasteiger partial charge >= 0.3 is 0 Å². The number of nitrogens with zero attached hydrogens (tertiary/aromatic N) is 1. The number of hydrogen-bond donors (Lipinski definition) is 1. The van der Waals surface area contributed by atoms with Gasteiger partial charge in [0.15, 0.2) is 0 Å². The maximum atomic E-state index is 12.2. The fourth-order valence-electron chi connectivity index (χ4n) is 2.61. The first-order valence-electron chi connectivity index (χ1n) is 6.99. The normalized spacial score (nSPS) is 20.6. The molecule has 104 valence electrons. The Balaban J connectivity index is 1.96. The molecule has 2 atom stereocenters. The molecule has 3 nitrogen and oxygen atoms in total. The highest BCUT2D eigenvalue weighted by Crippen LogP contribution is 2.20. The number of aliphatic hydroxyl groups excluding tert-OH is 1. The lowest BCUT2D eigenvalue weighted by Gasteiger charge is -2.18. The maximum Gasteiger partial charge on any atom is 0.227 e. The van der Waals surface area contributed by atoms with Gasteiger partial charge in [-0.3, -0.25) is 4.79 Å². The van der Waals surface area contributed by atoms with Crippen molar-refractivity contribution in [1.82, 2.24) is 4.90 Å². The molecule has 0 spiro atoms. The summed E-state index contributed by atoms with van der Waals surface area (Å²) in [6.45, 7) is 7.43. The van der Waals surface area contributed by atoms with Crippen molar-refractivity contribution < 1.29 is 9.90 Å². The Hall–Kier alpha value is -1.35. The van der Waals surface area contributed by atoms with Gasteiger partial charge in [0.25, 0.3) is 0 Å². The number of hydrogen-bond acceptors (Lipinski definition) is 2. The summed E-state index contributed by atoms with van der Waals surface area (Å²) >= 11 is 0. The number of rotatable bonds is 3. The molecule has 2 unspecified atom stereocenters. The third kappa shape index (κ3) is 3.35. The Morgan fingerprint density at radius 2 is 2.16 bits per heavy atom. The van der Waals surface area contributed by atoms with Crippen molar-refractivity contribution in [2.75, 3.05) is 13.1 Å². The topological polar surface area (TPSA) is 40.5 Å². The van der Waals surface area contributed by atoms with Crippen LogP contribution in [0.5, 0.6) is 0 Å². The summed E-state index contributed by atoms with van der Waals surface area (Å²) in [4.78, 5) is 14.1. The summed E-state index contributed by atoms with van der Waals surface area (Å²) in [5, 5.41) is 9.57. The monoisotopic (exact) mass is 261 g/mol. The van der Waals surface area contributed by atoms with Crippen LogP contribution in [0.25, 0.3) is 0 Å². The predicted octanol–water partition coefficient (Wildman–Crippen LogP) is 2.08. The van der Waals surface area contributed by atoms with Gasteiger partial charge in [-0.2, -0.15) is 0 Å². The first-order chi connectivity index (χ1) is 8.97. The lowest BCUT2D eigenvalue weighted by atomic mass is 10.0. The van der Waals surface area contributed by atoms with E-state index in [0.717, 1.165) is 18.5 Å². The third-order valence-corrected chi connectivity index (χ3v) is 4.19. The molecule has 0 bridgehead atoms. The molecule has 0 radical (unpaired) electrons. The Kier molecular flexibility index (Phi) is 4.25. The Labute approximate surface area is 115 Å². The molecular weight excluding hydrogens is 238 g/mol. The van der Waals surface area contributed by atoms with Crippen molar-refractivity contribution in [1.29, 1.82) is 0 Å². The van der Waals surface area contributed by atoms with Crippen LogP contribution in [-0.2, 0) is 11.2 Å². The van der Waals surface area contributed by atoms with Gasteiger partial charge in [-0.05, 0) is 43.9 Å². The lowest BCUT2D eigenvalue weighted by Crippen LogP contribution is -2.31. The molecule has 19 heavy (non-hydrogen) atoms. The molecular formula is C16H23NO2. The fraction of sp³-hybridized carbons (Fsp3) is 0.562. The molecule has 0 aliphatic carbocycles. The van der Waals surface area contributed by atoms with Crippen molar-refractivity contribution in [3.8, 4) is 0 Å². The fourth-order valence-corrected chi connectivity index (χ4v) is 2.61. The Morgan fingerprint density at radius 3 is 2.74 bits per heavy atom. The quantitative estimate of drug-likeness (QED) is 0.905. The third-order valence-electron chi connectivity index (χ3n) is 4.19. The van der Waals surface area contributed by atoms with Gasteiger partial charge in [0, 0.05) is 19.0 Å². The van der Waals surface area contributed by atoms with Gasteiger partial charge in [-0.1, -0.05) is 18.2 Å².